The minimum atomic E-state index is -0.535. The van der Waals surface area contributed by atoms with Crippen molar-refractivity contribution in [3.8, 4) is 0 Å². The van der Waals surface area contributed by atoms with Gasteiger partial charge in [0.15, 0.2) is 5.79 Å². The zero-order valence-corrected chi connectivity index (χ0v) is 10.8. The SMILES string of the molecule is CC1(C)OC2C3CC(C2O1)[C@@H](I)C(=O)O3. The van der Waals surface area contributed by atoms with Gasteiger partial charge in [0.2, 0.25) is 0 Å². The van der Waals surface area contributed by atoms with Gasteiger partial charge in [0.05, 0.1) is 6.10 Å². The lowest BCUT2D eigenvalue weighted by atomic mass is 10.0. The molecule has 2 heterocycles. The molecule has 2 aliphatic heterocycles. The van der Waals surface area contributed by atoms with Crippen LogP contribution in [0, 0.1) is 5.92 Å². The maximum Gasteiger partial charge on any atom is 0.319 e. The second kappa shape index (κ2) is 3.07. The topological polar surface area (TPSA) is 44.8 Å². The second-order valence-electron chi connectivity index (χ2n) is 4.84. The number of halogens is 1. The van der Waals surface area contributed by atoms with E-state index in [9.17, 15) is 4.79 Å². The van der Waals surface area contributed by atoms with Crippen LogP contribution in [0.2, 0.25) is 0 Å². The largest absolute Gasteiger partial charge is 0.459 e. The van der Waals surface area contributed by atoms with E-state index in [1.165, 1.54) is 0 Å². The normalized spacial score (nSPS) is 51.4. The summed E-state index contributed by atoms with van der Waals surface area (Å²) in [4.78, 5) is 11.5. The van der Waals surface area contributed by atoms with E-state index in [1.807, 2.05) is 13.8 Å². The average Bonchev–Trinajstić information content (AvgIpc) is 2.57. The molecule has 0 spiro atoms. The molecular formula is C10H13IO4. The van der Waals surface area contributed by atoms with Crippen molar-refractivity contribution in [3.05, 3.63) is 0 Å². The standard InChI is InChI=1S/C10H13IO4/c1-10(2)14-7-4-3-5(8(7)15-10)13-9(12)6(4)11/h4-8H,3H2,1-2H3/t4?,5?,6-,7?,8?/m1/s1. The molecule has 4 unspecified atom stereocenters. The van der Waals surface area contributed by atoms with Crippen LogP contribution in [0.4, 0.5) is 0 Å². The Morgan fingerprint density at radius 3 is 2.73 bits per heavy atom. The third-order valence-electron chi connectivity index (χ3n) is 3.33. The van der Waals surface area contributed by atoms with Crippen LogP contribution in [0.1, 0.15) is 20.3 Å². The Morgan fingerprint density at radius 1 is 1.33 bits per heavy atom. The lowest BCUT2D eigenvalue weighted by Crippen LogP contribution is -2.38. The summed E-state index contributed by atoms with van der Waals surface area (Å²) in [6.07, 6.45) is 0.748. The number of hydrogen-bond acceptors (Lipinski definition) is 4. The zero-order valence-electron chi connectivity index (χ0n) is 8.60. The maximum absolute atomic E-state index is 11.5. The highest BCUT2D eigenvalue weighted by Crippen LogP contribution is 2.48. The first-order valence-electron chi connectivity index (χ1n) is 5.18. The lowest BCUT2D eigenvalue weighted by molar-refractivity contribution is -0.186. The first kappa shape index (κ1) is 10.3. The van der Waals surface area contributed by atoms with Gasteiger partial charge < -0.3 is 14.2 Å². The molecular weight excluding hydrogens is 311 g/mol. The van der Waals surface area contributed by atoms with Gasteiger partial charge in [0.1, 0.15) is 16.1 Å². The molecule has 2 bridgehead atoms. The Balaban J connectivity index is 1.90. The van der Waals surface area contributed by atoms with Crippen LogP contribution < -0.4 is 0 Å². The second-order valence-corrected chi connectivity index (χ2v) is 6.18. The van der Waals surface area contributed by atoms with E-state index in [4.69, 9.17) is 14.2 Å². The highest BCUT2D eigenvalue weighted by Gasteiger charge is 2.60. The number of esters is 1. The van der Waals surface area contributed by atoms with E-state index in [-0.39, 0.29) is 34.1 Å². The Bertz CT molecular complexity index is 317. The molecule has 5 atom stereocenters. The van der Waals surface area contributed by atoms with Crippen molar-refractivity contribution in [2.24, 2.45) is 5.92 Å². The van der Waals surface area contributed by atoms with E-state index in [0.717, 1.165) is 6.42 Å². The van der Waals surface area contributed by atoms with Crippen molar-refractivity contribution in [1.29, 1.82) is 0 Å². The van der Waals surface area contributed by atoms with Crippen LogP contribution in [0.15, 0.2) is 0 Å². The van der Waals surface area contributed by atoms with Crippen LogP contribution in [0.5, 0.6) is 0 Å². The quantitative estimate of drug-likeness (QED) is 0.382. The number of alkyl halides is 1. The number of ether oxygens (including phenoxy) is 3. The molecule has 4 nitrogen and oxygen atoms in total. The molecule has 1 aliphatic carbocycles. The molecule has 3 rings (SSSR count). The number of fused-ring (bicyclic) bond motifs is 5. The third-order valence-corrected chi connectivity index (χ3v) is 4.76. The summed E-state index contributed by atoms with van der Waals surface area (Å²) >= 11 is 2.15. The van der Waals surface area contributed by atoms with Crippen LogP contribution in [0.25, 0.3) is 0 Å². The molecule has 3 fully saturated rings. The molecule has 0 aromatic heterocycles. The van der Waals surface area contributed by atoms with Crippen molar-refractivity contribution >= 4 is 28.6 Å². The van der Waals surface area contributed by atoms with Crippen molar-refractivity contribution in [3.63, 3.8) is 0 Å². The molecule has 0 aromatic rings. The minimum Gasteiger partial charge on any atom is -0.459 e. The zero-order chi connectivity index (χ0) is 10.8. The van der Waals surface area contributed by atoms with Gasteiger partial charge in [-0.1, -0.05) is 22.6 Å². The summed E-state index contributed by atoms with van der Waals surface area (Å²) in [7, 11) is 0. The monoisotopic (exact) mass is 324 g/mol. The van der Waals surface area contributed by atoms with Crippen LogP contribution in [-0.4, -0.2) is 34.0 Å². The predicted molar refractivity (Wildman–Crippen MR) is 59.6 cm³/mol. The molecule has 0 amide bonds. The molecule has 15 heavy (non-hydrogen) atoms. The van der Waals surface area contributed by atoms with Crippen molar-refractivity contribution in [2.45, 2.75) is 48.3 Å². The van der Waals surface area contributed by atoms with E-state index in [2.05, 4.69) is 22.6 Å². The fourth-order valence-corrected chi connectivity index (χ4v) is 3.61. The predicted octanol–water partition coefficient (Wildman–Crippen LogP) is 1.26. The Kier molecular flexibility index (Phi) is 2.11. The summed E-state index contributed by atoms with van der Waals surface area (Å²) in [5.41, 5.74) is 0. The van der Waals surface area contributed by atoms with Crippen molar-refractivity contribution in [2.75, 3.05) is 0 Å². The van der Waals surface area contributed by atoms with E-state index in [1.54, 1.807) is 0 Å². The summed E-state index contributed by atoms with van der Waals surface area (Å²) < 4.78 is 16.9. The van der Waals surface area contributed by atoms with E-state index >= 15 is 0 Å². The van der Waals surface area contributed by atoms with Gasteiger partial charge in [-0.15, -0.1) is 0 Å². The minimum absolute atomic E-state index is 0.0262. The molecule has 5 heteroatoms. The van der Waals surface area contributed by atoms with Crippen molar-refractivity contribution in [1.82, 2.24) is 0 Å². The molecule has 0 aromatic carbocycles. The van der Waals surface area contributed by atoms with Gasteiger partial charge in [-0.25, -0.2) is 0 Å². The summed E-state index contributed by atoms with van der Waals surface area (Å²) in [5.74, 6) is -0.397. The average molecular weight is 324 g/mol. The van der Waals surface area contributed by atoms with Gasteiger partial charge in [-0.3, -0.25) is 4.79 Å². The number of rotatable bonds is 0. The van der Waals surface area contributed by atoms with Crippen molar-refractivity contribution < 1.29 is 19.0 Å². The first-order chi connectivity index (χ1) is 6.98. The van der Waals surface area contributed by atoms with Crippen LogP contribution in [0.3, 0.4) is 0 Å². The number of carbonyl (C=O) groups is 1. The fourth-order valence-electron chi connectivity index (χ4n) is 2.76. The fraction of sp³-hybridized carbons (Fsp3) is 0.900. The van der Waals surface area contributed by atoms with Crippen LogP contribution in [-0.2, 0) is 19.0 Å². The van der Waals surface area contributed by atoms with Gasteiger partial charge in [-0.2, -0.15) is 0 Å². The smallest absolute Gasteiger partial charge is 0.319 e. The Labute approximate surface area is 102 Å². The first-order valence-corrected chi connectivity index (χ1v) is 6.43. The highest BCUT2D eigenvalue weighted by atomic mass is 127. The summed E-state index contributed by atoms with van der Waals surface area (Å²) in [5, 5.41) is 0. The molecule has 0 N–H and O–H groups in total. The molecule has 3 aliphatic rings. The molecule has 0 radical (unpaired) electrons. The number of carbonyl (C=O) groups excluding carboxylic acids is 1. The Hall–Kier alpha value is 0.120. The van der Waals surface area contributed by atoms with Gasteiger partial charge >= 0.3 is 5.97 Å². The van der Waals surface area contributed by atoms with E-state index in [0.29, 0.717) is 0 Å². The number of hydrogen-bond donors (Lipinski definition) is 0. The molecule has 2 saturated heterocycles. The Morgan fingerprint density at radius 2 is 2.00 bits per heavy atom. The van der Waals surface area contributed by atoms with Gasteiger partial charge in [0.25, 0.3) is 0 Å². The summed E-state index contributed by atoms with van der Waals surface area (Å²) in [6, 6.07) is 0. The highest BCUT2D eigenvalue weighted by molar-refractivity contribution is 14.1. The lowest BCUT2D eigenvalue weighted by Gasteiger charge is -2.29. The maximum atomic E-state index is 11.5. The van der Waals surface area contributed by atoms with Crippen LogP contribution >= 0.6 is 22.6 Å². The molecule has 84 valence electrons. The molecule has 1 saturated carbocycles. The summed E-state index contributed by atoms with van der Waals surface area (Å²) in [6.45, 7) is 3.82. The van der Waals surface area contributed by atoms with Gasteiger partial charge in [0, 0.05) is 5.92 Å². The third kappa shape index (κ3) is 1.43. The van der Waals surface area contributed by atoms with E-state index < -0.39 is 5.79 Å². The van der Waals surface area contributed by atoms with Gasteiger partial charge in [-0.05, 0) is 20.3 Å².